The van der Waals surface area contributed by atoms with Gasteiger partial charge in [0.15, 0.2) is 0 Å². The zero-order valence-corrected chi connectivity index (χ0v) is 21.2. The van der Waals surface area contributed by atoms with Crippen LogP contribution in [-0.2, 0) is 17.5 Å². The van der Waals surface area contributed by atoms with E-state index in [9.17, 15) is 27.9 Å². The molecule has 4 rings (SSSR count). The molecule has 5 nitrogen and oxygen atoms in total. The fourth-order valence-electron chi connectivity index (χ4n) is 4.21. The Labute approximate surface area is 224 Å². The molecule has 0 saturated heterocycles. The number of alkyl halides is 3. The predicted molar refractivity (Wildman–Crippen MR) is 144 cm³/mol. The first kappa shape index (κ1) is 27.6. The summed E-state index contributed by atoms with van der Waals surface area (Å²) in [6, 6.07) is 27.8. The van der Waals surface area contributed by atoms with Gasteiger partial charge in [-0.2, -0.15) is 13.2 Å². The van der Waals surface area contributed by atoms with Gasteiger partial charge >= 0.3 is 12.1 Å². The van der Waals surface area contributed by atoms with Gasteiger partial charge in [0.1, 0.15) is 6.04 Å². The minimum Gasteiger partial charge on any atom is -0.480 e. The van der Waals surface area contributed by atoms with Crippen LogP contribution in [0.4, 0.5) is 13.2 Å². The summed E-state index contributed by atoms with van der Waals surface area (Å²) in [5, 5.41) is 12.3. The Morgan fingerprint density at radius 3 is 1.77 bits per heavy atom. The Bertz CT molecular complexity index is 1400. The van der Waals surface area contributed by atoms with Crippen LogP contribution in [0.5, 0.6) is 0 Å². The highest BCUT2D eigenvalue weighted by Crippen LogP contribution is 2.31. The van der Waals surface area contributed by atoms with Crippen LogP contribution >= 0.6 is 0 Å². The van der Waals surface area contributed by atoms with E-state index in [0.29, 0.717) is 17.7 Å². The van der Waals surface area contributed by atoms with Crippen LogP contribution < -0.4 is 5.32 Å². The summed E-state index contributed by atoms with van der Waals surface area (Å²) in [4.78, 5) is 26.5. The number of rotatable bonds is 9. The quantitative estimate of drug-likeness (QED) is 0.263. The number of carbonyl (C=O) groups is 2. The van der Waals surface area contributed by atoms with E-state index in [4.69, 9.17) is 0 Å². The minimum absolute atomic E-state index is 0.0884. The first-order valence-electron chi connectivity index (χ1n) is 12.2. The number of hydrogen-bond donors (Lipinski definition) is 2. The lowest BCUT2D eigenvalue weighted by atomic mass is 10.0. The lowest BCUT2D eigenvalue weighted by molar-refractivity contribution is -0.140. The third-order valence-electron chi connectivity index (χ3n) is 6.30. The number of likely N-dealkylation sites (N-methyl/N-ethyl adjacent to an activating group) is 1. The number of nitrogens with one attached hydrogen (secondary N) is 1. The smallest absolute Gasteiger partial charge is 0.416 e. The van der Waals surface area contributed by atoms with Gasteiger partial charge in [0.25, 0.3) is 5.91 Å². The van der Waals surface area contributed by atoms with Crippen LogP contribution in [0.1, 0.15) is 21.5 Å². The number of amides is 1. The zero-order valence-electron chi connectivity index (χ0n) is 21.2. The van der Waals surface area contributed by atoms with Crippen LogP contribution in [0.2, 0.25) is 0 Å². The Morgan fingerprint density at radius 2 is 1.26 bits per heavy atom. The number of aliphatic carboxylic acids is 1. The summed E-state index contributed by atoms with van der Waals surface area (Å²) < 4.78 is 38.4. The Hall–Kier alpha value is -4.43. The number of nitrogens with zero attached hydrogens (tertiary/aromatic N) is 1. The van der Waals surface area contributed by atoms with Gasteiger partial charge in [-0.3, -0.25) is 9.69 Å². The van der Waals surface area contributed by atoms with Crippen LogP contribution in [0.15, 0.2) is 103 Å². The molecule has 0 spiro atoms. The lowest BCUT2D eigenvalue weighted by Crippen LogP contribution is -2.47. The van der Waals surface area contributed by atoms with Crippen molar-refractivity contribution in [2.24, 2.45) is 0 Å². The van der Waals surface area contributed by atoms with Crippen molar-refractivity contribution in [1.29, 1.82) is 0 Å². The van der Waals surface area contributed by atoms with Gasteiger partial charge in [-0.1, -0.05) is 78.9 Å². The highest BCUT2D eigenvalue weighted by atomic mass is 19.4. The Balaban J connectivity index is 1.35. The standard InChI is InChI=1S/C31H27F3N2O3/c1-36(19-21-7-9-23(10-8-21)22-5-3-2-4-6-22)20-28(30(38)39)35-29(37)26-13-11-24(12-14-26)25-15-17-27(18-16-25)31(32,33)34/h2-18,28H,19-20H2,1H3,(H,35,37)(H,38,39)/t28-/m0/s1. The maximum Gasteiger partial charge on any atom is 0.416 e. The van der Waals surface area contributed by atoms with E-state index in [-0.39, 0.29) is 12.1 Å². The van der Waals surface area contributed by atoms with Crippen LogP contribution in [0.25, 0.3) is 22.3 Å². The van der Waals surface area contributed by atoms with E-state index in [2.05, 4.69) is 5.32 Å². The van der Waals surface area contributed by atoms with Crippen molar-refractivity contribution in [2.45, 2.75) is 18.8 Å². The minimum atomic E-state index is -4.41. The molecule has 4 aromatic carbocycles. The summed E-state index contributed by atoms with van der Waals surface area (Å²) >= 11 is 0. The third-order valence-corrected chi connectivity index (χ3v) is 6.30. The Morgan fingerprint density at radius 1 is 0.769 bits per heavy atom. The second-order valence-electron chi connectivity index (χ2n) is 9.28. The van der Waals surface area contributed by atoms with Crippen LogP contribution in [0, 0.1) is 0 Å². The highest BCUT2D eigenvalue weighted by Gasteiger charge is 2.30. The first-order valence-corrected chi connectivity index (χ1v) is 12.2. The molecule has 4 aromatic rings. The molecule has 1 atom stereocenters. The van der Waals surface area contributed by atoms with E-state index in [0.717, 1.165) is 28.8 Å². The van der Waals surface area contributed by atoms with Crippen molar-refractivity contribution >= 4 is 11.9 Å². The van der Waals surface area contributed by atoms with Gasteiger partial charge in [0.2, 0.25) is 0 Å². The lowest BCUT2D eigenvalue weighted by Gasteiger charge is -2.22. The molecule has 2 N–H and O–H groups in total. The van der Waals surface area contributed by atoms with Crippen LogP contribution in [-0.4, -0.2) is 41.5 Å². The number of carbonyl (C=O) groups excluding carboxylic acids is 1. The van der Waals surface area contributed by atoms with Crippen LogP contribution in [0.3, 0.4) is 0 Å². The maximum atomic E-state index is 12.8. The number of halogens is 3. The number of carboxylic acids is 1. The van der Waals surface area contributed by atoms with Gasteiger partial charge in [-0.15, -0.1) is 0 Å². The highest BCUT2D eigenvalue weighted by molar-refractivity contribution is 5.97. The van der Waals surface area contributed by atoms with Crippen molar-refractivity contribution in [3.63, 3.8) is 0 Å². The molecule has 0 aliphatic carbocycles. The monoisotopic (exact) mass is 532 g/mol. The number of hydrogen-bond acceptors (Lipinski definition) is 3. The summed E-state index contributed by atoms with van der Waals surface area (Å²) in [5.74, 6) is -1.71. The molecule has 39 heavy (non-hydrogen) atoms. The normalized spacial score (nSPS) is 12.2. The van der Waals surface area contributed by atoms with Gasteiger partial charge in [-0.25, -0.2) is 4.79 Å². The summed E-state index contributed by atoms with van der Waals surface area (Å²) in [6.07, 6.45) is -4.41. The molecular weight excluding hydrogens is 505 g/mol. The number of carboxylic acid groups (broad SMARTS) is 1. The van der Waals surface area contributed by atoms with Crippen molar-refractivity contribution in [3.8, 4) is 22.3 Å². The van der Waals surface area contributed by atoms with E-state index >= 15 is 0 Å². The summed E-state index contributed by atoms with van der Waals surface area (Å²) in [7, 11) is 1.78. The van der Waals surface area contributed by atoms with E-state index in [1.807, 2.05) is 59.5 Å². The fraction of sp³-hybridized carbons (Fsp3) is 0.161. The summed E-state index contributed by atoms with van der Waals surface area (Å²) in [6.45, 7) is 0.585. The van der Waals surface area contributed by atoms with E-state index in [1.54, 1.807) is 19.2 Å². The van der Waals surface area contributed by atoms with E-state index in [1.165, 1.54) is 24.3 Å². The first-order chi connectivity index (χ1) is 18.6. The predicted octanol–water partition coefficient (Wildman–Crippen LogP) is 6.35. The molecule has 1 amide bonds. The zero-order chi connectivity index (χ0) is 28.0. The van der Waals surface area contributed by atoms with Crippen molar-refractivity contribution < 1.29 is 27.9 Å². The molecule has 8 heteroatoms. The SMILES string of the molecule is CN(Cc1ccc(-c2ccccc2)cc1)C[C@H](NC(=O)c1ccc(-c2ccc(C(F)(F)F)cc2)cc1)C(=O)O. The molecule has 0 heterocycles. The molecule has 0 bridgehead atoms. The average Bonchev–Trinajstić information content (AvgIpc) is 2.93. The molecule has 0 saturated carbocycles. The molecule has 200 valence electrons. The Kier molecular flexibility index (Phi) is 8.46. The molecule has 0 aliphatic rings. The molecule has 0 unspecified atom stereocenters. The van der Waals surface area contributed by atoms with Gasteiger partial charge < -0.3 is 10.4 Å². The maximum absolute atomic E-state index is 12.8. The molecule has 0 fully saturated rings. The fourth-order valence-corrected chi connectivity index (χ4v) is 4.21. The van der Waals surface area contributed by atoms with Gasteiger partial charge in [-0.05, 0) is 59.1 Å². The summed E-state index contributed by atoms with van der Waals surface area (Å²) in [5.41, 5.74) is 3.91. The molecule has 0 aliphatic heterocycles. The number of benzene rings is 4. The topological polar surface area (TPSA) is 69.6 Å². The van der Waals surface area contributed by atoms with Gasteiger partial charge in [0.05, 0.1) is 5.56 Å². The largest absolute Gasteiger partial charge is 0.480 e. The van der Waals surface area contributed by atoms with Gasteiger partial charge in [0, 0.05) is 18.7 Å². The van der Waals surface area contributed by atoms with Crippen molar-refractivity contribution in [3.05, 3.63) is 120 Å². The third kappa shape index (κ3) is 7.33. The van der Waals surface area contributed by atoms with Crippen molar-refractivity contribution in [1.82, 2.24) is 10.2 Å². The molecular formula is C31H27F3N2O3. The molecule has 0 radical (unpaired) electrons. The van der Waals surface area contributed by atoms with Crippen molar-refractivity contribution in [2.75, 3.05) is 13.6 Å². The average molecular weight is 533 g/mol. The second-order valence-corrected chi connectivity index (χ2v) is 9.28. The van der Waals surface area contributed by atoms with E-state index < -0.39 is 29.7 Å². The molecule has 0 aromatic heterocycles. The second kappa shape index (κ2) is 12.0.